The van der Waals surface area contributed by atoms with Crippen LogP contribution in [0.1, 0.15) is 37.1 Å². The average Bonchev–Trinajstić information content (AvgIpc) is 2.59. The van der Waals surface area contributed by atoms with Crippen molar-refractivity contribution >= 4 is 11.6 Å². The second-order valence-electron chi connectivity index (χ2n) is 5.57. The number of nitrogens with zero attached hydrogens (tertiary/aromatic N) is 3. The second kappa shape index (κ2) is 7.94. The predicted molar refractivity (Wildman–Crippen MR) is 88.1 cm³/mol. The van der Waals surface area contributed by atoms with Crippen molar-refractivity contribution in [3.05, 3.63) is 47.3 Å². The Hall–Kier alpha value is -2.66. The number of hydrogen-bond acceptors (Lipinski definition) is 5. The highest BCUT2D eigenvalue weighted by Crippen LogP contribution is 2.31. The molecule has 2 N–H and O–H groups in total. The zero-order valence-corrected chi connectivity index (χ0v) is 13.9. The first-order valence-electron chi connectivity index (χ1n) is 7.77. The van der Waals surface area contributed by atoms with E-state index < -0.39 is 11.9 Å². The minimum Gasteiger partial charge on any atom is -0.324 e. The van der Waals surface area contributed by atoms with Gasteiger partial charge in [0.2, 0.25) is 5.95 Å². The summed E-state index contributed by atoms with van der Waals surface area (Å²) in [5, 5.41) is 14.6. The Morgan fingerprint density at radius 1 is 1.32 bits per heavy atom. The van der Waals surface area contributed by atoms with E-state index in [2.05, 4.69) is 20.6 Å². The van der Waals surface area contributed by atoms with Crippen LogP contribution in [0.5, 0.6) is 0 Å². The van der Waals surface area contributed by atoms with Crippen molar-refractivity contribution in [2.45, 2.75) is 39.0 Å². The van der Waals surface area contributed by atoms with E-state index in [4.69, 9.17) is 5.26 Å². The number of nitrogens with one attached hydrogen (secondary N) is 2. The Kier molecular flexibility index (Phi) is 5.93. The fraction of sp³-hybridized carbons (Fsp3) is 0.353. The molecule has 132 valence electrons. The van der Waals surface area contributed by atoms with Crippen molar-refractivity contribution < 1.29 is 13.2 Å². The largest absolute Gasteiger partial charge is 0.433 e. The summed E-state index contributed by atoms with van der Waals surface area (Å²) in [6.45, 7) is 3.88. The molecule has 0 bridgehead atoms. The minimum absolute atomic E-state index is 0.0101. The van der Waals surface area contributed by atoms with Gasteiger partial charge in [0.15, 0.2) is 5.69 Å². The first kappa shape index (κ1) is 18.7. The lowest BCUT2D eigenvalue weighted by Gasteiger charge is -2.16. The van der Waals surface area contributed by atoms with Crippen LogP contribution >= 0.6 is 0 Å². The molecule has 0 saturated carbocycles. The molecule has 0 aliphatic rings. The van der Waals surface area contributed by atoms with E-state index in [1.54, 1.807) is 18.2 Å². The smallest absolute Gasteiger partial charge is 0.324 e. The molecular formula is C17H18F3N5. The van der Waals surface area contributed by atoms with Crippen LogP contribution in [0.15, 0.2) is 30.5 Å². The average molecular weight is 349 g/mol. The zero-order valence-electron chi connectivity index (χ0n) is 13.9. The maximum absolute atomic E-state index is 13.3. The van der Waals surface area contributed by atoms with Crippen molar-refractivity contribution in [1.82, 2.24) is 15.3 Å². The van der Waals surface area contributed by atoms with Crippen molar-refractivity contribution in [3.63, 3.8) is 0 Å². The van der Waals surface area contributed by atoms with Crippen LogP contribution in [-0.2, 0) is 12.7 Å². The number of anilines is 2. The third kappa shape index (κ3) is 5.16. The van der Waals surface area contributed by atoms with E-state index >= 15 is 0 Å². The van der Waals surface area contributed by atoms with Crippen molar-refractivity contribution in [2.24, 2.45) is 0 Å². The third-order valence-corrected chi connectivity index (χ3v) is 3.63. The van der Waals surface area contributed by atoms with Crippen molar-refractivity contribution in [3.8, 4) is 6.07 Å². The highest BCUT2D eigenvalue weighted by atomic mass is 19.4. The van der Waals surface area contributed by atoms with Gasteiger partial charge in [0.25, 0.3) is 0 Å². The first-order valence-corrected chi connectivity index (χ1v) is 7.77. The number of rotatable bonds is 6. The van der Waals surface area contributed by atoms with Crippen LogP contribution in [-0.4, -0.2) is 16.0 Å². The molecule has 8 heteroatoms. The van der Waals surface area contributed by atoms with Gasteiger partial charge in [-0.2, -0.15) is 18.4 Å². The number of aromatic nitrogens is 2. The van der Waals surface area contributed by atoms with E-state index in [9.17, 15) is 13.2 Å². The summed E-state index contributed by atoms with van der Waals surface area (Å²) in [6, 6.07) is 8.40. The number of benzene rings is 1. The van der Waals surface area contributed by atoms with Gasteiger partial charge in [0.05, 0.1) is 11.6 Å². The summed E-state index contributed by atoms with van der Waals surface area (Å²) in [6.07, 6.45) is -2.61. The van der Waals surface area contributed by atoms with E-state index in [1.807, 2.05) is 19.9 Å². The summed E-state index contributed by atoms with van der Waals surface area (Å²) < 4.78 is 39.9. The molecule has 5 nitrogen and oxygen atoms in total. The Labute approximate surface area is 143 Å². The van der Waals surface area contributed by atoms with Crippen LogP contribution in [0.4, 0.5) is 24.8 Å². The highest BCUT2D eigenvalue weighted by Gasteiger charge is 2.36. The lowest BCUT2D eigenvalue weighted by Crippen LogP contribution is -2.26. The second-order valence-corrected chi connectivity index (χ2v) is 5.57. The molecule has 0 spiro atoms. The summed E-state index contributed by atoms with van der Waals surface area (Å²) >= 11 is 0. The van der Waals surface area contributed by atoms with Gasteiger partial charge in [-0.1, -0.05) is 13.0 Å². The molecule has 25 heavy (non-hydrogen) atoms. The molecule has 0 aliphatic carbocycles. The summed E-state index contributed by atoms with van der Waals surface area (Å²) in [5.41, 5.74) is -0.158. The molecule has 2 rings (SSSR count). The summed E-state index contributed by atoms with van der Waals surface area (Å²) in [5.74, 6) is -0.172. The van der Waals surface area contributed by atoms with Crippen LogP contribution in [0, 0.1) is 11.3 Å². The van der Waals surface area contributed by atoms with Gasteiger partial charge in [-0.25, -0.2) is 9.97 Å². The van der Waals surface area contributed by atoms with Gasteiger partial charge in [-0.05, 0) is 31.5 Å². The molecule has 0 radical (unpaired) electrons. The minimum atomic E-state index is -4.58. The molecule has 0 fully saturated rings. The Morgan fingerprint density at radius 2 is 2.08 bits per heavy atom. The lowest BCUT2D eigenvalue weighted by molar-refractivity contribution is -0.141. The summed E-state index contributed by atoms with van der Waals surface area (Å²) in [7, 11) is 0. The molecule has 1 unspecified atom stereocenters. The van der Waals surface area contributed by atoms with Crippen LogP contribution < -0.4 is 10.6 Å². The quantitative estimate of drug-likeness (QED) is 0.825. The van der Waals surface area contributed by atoms with Crippen molar-refractivity contribution in [2.75, 3.05) is 5.32 Å². The lowest BCUT2D eigenvalue weighted by atomic mass is 10.2. The van der Waals surface area contributed by atoms with Gasteiger partial charge in [0, 0.05) is 30.0 Å². The molecule has 1 aromatic carbocycles. The van der Waals surface area contributed by atoms with Crippen molar-refractivity contribution in [1.29, 1.82) is 5.26 Å². The van der Waals surface area contributed by atoms with Crippen LogP contribution in [0.3, 0.4) is 0 Å². The number of hydrogen-bond donors (Lipinski definition) is 2. The molecule has 2 aromatic rings. The first-order chi connectivity index (χ1) is 11.8. The SMILES string of the molecule is CCC(C)NCc1cnc(Nc2cccc(C#N)c2)nc1C(F)(F)F. The van der Waals surface area contributed by atoms with Gasteiger partial charge in [0.1, 0.15) is 0 Å². The molecular weight excluding hydrogens is 331 g/mol. The third-order valence-electron chi connectivity index (χ3n) is 3.63. The fourth-order valence-corrected chi connectivity index (χ4v) is 2.07. The molecule has 0 aliphatic heterocycles. The monoisotopic (exact) mass is 349 g/mol. The van der Waals surface area contributed by atoms with E-state index in [1.165, 1.54) is 12.3 Å². The molecule has 1 atom stereocenters. The van der Waals surface area contributed by atoms with Gasteiger partial charge in [-0.15, -0.1) is 0 Å². The fourth-order valence-electron chi connectivity index (χ4n) is 2.07. The topological polar surface area (TPSA) is 73.6 Å². The number of alkyl halides is 3. The maximum atomic E-state index is 13.3. The van der Waals surface area contributed by atoms with E-state index in [0.29, 0.717) is 11.3 Å². The van der Waals surface area contributed by atoms with Crippen LogP contribution in [0.2, 0.25) is 0 Å². The van der Waals surface area contributed by atoms with E-state index in [0.717, 1.165) is 6.42 Å². The molecule has 0 amide bonds. The van der Waals surface area contributed by atoms with Gasteiger partial charge >= 0.3 is 6.18 Å². The Morgan fingerprint density at radius 3 is 2.72 bits per heavy atom. The van der Waals surface area contributed by atoms with E-state index in [-0.39, 0.29) is 24.1 Å². The van der Waals surface area contributed by atoms with Gasteiger partial charge < -0.3 is 10.6 Å². The standard InChI is InChI=1S/C17H18F3N5/c1-3-11(2)22-9-13-10-23-16(25-15(13)17(18,19)20)24-14-6-4-5-12(7-14)8-21/h4-7,10-11,22H,3,9H2,1-2H3,(H,23,24,25). The van der Waals surface area contributed by atoms with Gasteiger partial charge in [-0.3, -0.25) is 0 Å². The zero-order chi connectivity index (χ0) is 18.4. The highest BCUT2D eigenvalue weighted by molar-refractivity contribution is 5.56. The predicted octanol–water partition coefficient (Wildman–Crippen LogP) is 4.00. The number of nitriles is 1. The molecule has 1 heterocycles. The van der Waals surface area contributed by atoms with Crippen LogP contribution in [0.25, 0.3) is 0 Å². The Balaban J connectivity index is 2.27. The maximum Gasteiger partial charge on any atom is 0.433 e. The normalized spacial score (nSPS) is 12.5. The Bertz CT molecular complexity index is 768. The summed E-state index contributed by atoms with van der Waals surface area (Å²) in [4.78, 5) is 7.59. The molecule has 0 saturated heterocycles. The number of halogens is 3. The molecule has 1 aromatic heterocycles.